The summed E-state index contributed by atoms with van der Waals surface area (Å²) in [6.07, 6.45) is 0.846. The fourth-order valence-electron chi connectivity index (χ4n) is 3.55. The molecule has 1 atom stereocenters. The molecular formula is C19H20F2N4O4S. The van der Waals surface area contributed by atoms with Gasteiger partial charge in [-0.25, -0.2) is 22.3 Å². The zero-order chi connectivity index (χ0) is 21.5. The van der Waals surface area contributed by atoms with Crippen LogP contribution < -0.4 is 4.90 Å². The number of halogens is 2. The van der Waals surface area contributed by atoms with E-state index in [4.69, 9.17) is 4.74 Å². The Bertz CT molecular complexity index is 1130. The first-order chi connectivity index (χ1) is 14.3. The fourth-order valence-corrected chi connectivity index (χ4v) is 4.70. The van der Waals surface area contributed by atoms with Gasteiger partial charge in [0, 0.05) is 5.56 Å². The van der Waals surface area contributed by atoms with Crippen molar-refractivity contribution in [2.75, 3.05) is 23.0 Å². The molecule has 11 heteroatoms. The van der Waals surface area contributed by atoms with E-state index in [1.54, 1.807) is 13.0 Å². The summed E-state index contributed by atoms with van der Waals surface area (Å²) in [6, 6.07) is 4.32. The van der Waals surface area contributed by atoms with Crippen LogP contribution in [0.2, 0.25) is 0 Å². The summed E-state index contributed by atoms with van der Waals surface area (Å²) < 4.78 is 58.2. The van der Waals surface area contributed by atoms with E-state index in [-0.39, 0.29) is 36.7 Å². The summed E-state index contributed by atoms with van der Waals surface area (Å²) in [7, 11) is -3.11. The molecule has 1 fully saturated rings. The molecule has 0 spiro atoms. The summed E-state index contributed by atoms with van der Waals surface area (Å²) in [5, 5.41) is 7.47. The van der Waals surface area contributed by atoms with Gasteiger partial charge < -0.3 is 4.74 Å². The Morgan fingerprint density at radius 2 is 2.10 bits per heavy atom. The Kier molecular flexibility index (Phi) is 5.31. The number of amides is 1. The van der Waals surface area contributed by atoms with Crippen LogP contribution in [0.5, 0.6) is 0 Å². The highest BCUT2D eigenvalue weighted by Gasteiger charge is 2.34. The summed E-state index contributed by atoms with van der Waals surface area (Å²) in [6.45, 7) is 1.87. The van der Waals surface area contributed by atoms with Gasteiger partial charge in [-0.3, -0.25) is 4.90 Å². The lowest BCUT2D eigenvalue weighted by Gasteiger charge is -2.17. The smallest absolute Gasteiger partial charge is 0.414 e. The minimum Gasteiger partial charge on any atom is -0.442 e. The van der Waals surface area contributed by atoms with Crippen LogP contribution in [-0.4, -0.2) is 53.7 Å². The van der Waals surface area contributed by atoms with E-state index in [0.717, 1.165) is 4.68 Å². The van der Waals surface area contributed by atoms with Crippen LogP contribution >= 0.6 is 0 Å². The van der Waals surface area contributed by atoms with Crippen molar-refractivity contribution in [2.45, 2.75) is 32.4 Å². The summed E-state index contributed by atoms with van der Waals surface area (Å²) >= 11 is 0. The third-order valence-electron chi connectivity index (χ3n) is 5.20. The van der Waals surface area contributed by atoms with Crippen LogP contribution in [0.4, 0.5) is 19.3 Å². The molecule has 4 rings (SSSR count). The second kappa shape index (κ2) is 7.78. The van der Waals surface area contributed by atoms with Crippen molar-refractivity contribution >= 4 is 27.2 Å². The summed E-state index contributed by atoms with van der Waals surface area (Å²) in [5.74, 6) is -1.24. The molecule has 2 aromatic rings. The zero-order valence-corrected chi connectivity index (χ0v) is 17.0. The largest absolute Gasteiger partial charge is 0.442 e. The molecule has 2 aliphatic heterocycles. The quantitative estimate of drug-likeness (QED) is 0.711. The predicted molar refractivity (Wildman–Crippen MR) is 105 cm³/mol. The molecule has 3 heterocycles. The Labute approximate surface area is 172 Å². The lowest BCUT2D eigenvalue weighted by atomic mass is 10.0. The maximum atomic E-state index is 14.7. The van der Waals surface area contributed by atoms with Crippen LogP contribution in [-0.2, 0) is 27.5 Å². The SMILES string of the molecule is CCc1nnn(C[C@H]2CN(c3ccc(C4=CCS(=O)(=O)CC4)c(F)c3)C(=O)O2)c1F. The highest BCUT2D eigenvalue weighted by atomic mass is 32.2. The summed E-state index contributed by atoms with van der Waals surface area (Å²) in [5.41, 5.74) is 1.48. The van der Waals surface area contributed by atoms with Crippen LogP contribution in [0.15, 0.2) is 24.3 Å². The number of carbonyl (C=O) groups is 1. The number of carbonyl (C=O) groups excluding carboxylic acids is 1. The van der Waals surface area contributed by atoms with Crippen LogP contribution in [0.3, 0.4) is 0 Å². The molecule has 0 N–H and O–H groups in total. The molecule has 1 amide bonds. The molecule has 1 saturated heterocycles. The highest BCUT2D eigenvalue weighted by Crippen LogP contribution is 2.30. The van der Waals surface area contributed by atoms with Crippen LogP contribution in [0, 0.1) is 11.8 Å². The number of hydrogen-bond acceptors (Lipinski definition) is 6. The predicted octanol–water partition coefficient (Wildman–Crippen LogP) is 2.35. The van der Waals surface area contributed by atoms with E-state index < -0.39 is 33.8 Å². The van der Waals surface area contributed by atoms with Gasteiger partial charge in [-0.15, -0.1) is 5.10 Å². The number of anilines is 1. The van der Waals surface area contributed by atoms with Crippen molar-refractivity contribution < 1.29 is 26.7 Å². The average Bonchev–Trinajstić information content (AvgIpc) is 3.24. The van der Waals surface area contributed by atoms with Crippen LogP contribution in [0.1, 0.15) is 24.6 Å². The first kappa shape index (κ1) is 20.5. The van der Waals surface area contributed by atoms with Crippen molar-refractivity contribution in [3.63, 3.8) is 0 Å². The average molecular weight is 438 g/mol. The summed E-state index contributed by atoms with van der Waals surface area (Å²) in [4.78, 5) is 13.5. The highest BCUT2D eigenvalue weighted by molar-refractivity contribution is 7.91. The molecule has 8 nitrogen and oxygen atoms in total. The van der Waals surface area contributed by atoms with E-state index >= 15 is 0 Å². The van der Waals surface area contributed by atoms with Crippen molar-refractivity contribution in [2.24, 2.45) is 0 Å². The lowest BCUT2D eigenvalue weighted by molar-refractivity contribution is 0.126. The minimum absolute atomic E-state index is 0.00298. The molecule has 0 aliphatic carbocycles. The van der Waals surface area contributed by atoms with Gasteiger partial charge in [0.1, 0.15) is 17.6 Å². The van der Waals surface area contributed by atoms with E-state index in [1.165, 1.54) is 23.1 Å². The maximum Gasteiger partial charge on any atom is 0.414 e. The molecule has 0 saturated carbocycles. The van der Waals surface area contributed by atoms with E-state index in [1.807, 2.05) is 0 Å². The number of hydrogen-bond donors (Lipinski definition) is 0. The molecule has 1 aromatic heterocycles. The number of aromatic nitrogens is 3. The molecule has 0 radical (unpaired) electrons. The van der Waals surface area contributed by atoms with Crippen LogP contribution in [0.25, 0.3) is 5.57 Å². The monoisotopic (exact) mass is 438 g/mol. The third-order valence-corrected chi connectivity index (χ3v) is 6.70. The van der Waals surface area contributed by atoms with Gasteiger partial charge in [-0.1, -0.05) is 18.2 Å². The Morgan fingerprint density at radius 3 is 2.73 bits per heavy atom. The van der Waals surface area contributed by atoms with Crippen molar-refractivity contribution in [3.05, 3.63) is 47.3 Å². The van der Waals surface area contributed by atoms with Gasteiger partial charge in [0.05, 0.1) is 30.3 Å². The zero-order valence-electron chi connectivity index (χ0n) is 16.2. The van der Waals surface area contributed by atoms with E-state index in [0.29, 0.717) is 23.2 Å². The van der Waals surface area contributed by atoms with Crippen molar-refractivity contribution in [3.8, 4) is 0 Å². The number of ether oxygens (including phenoxy) is 1. The topological polar surface area (TPSA) is 94.4 Å². The molecule has 0 bridgehead atoms. The normalized spacial score (nSPS) is 20.9. The van der Waals surface area contributed by atoms with Gasteiger partial charge in [-0.05, 0) is 36.6 Å². The molecule has 2 aliphatic rings. The standard InChI is InChI=1S/C19H20F2N4O4S/c1-2-17-18(21)25(23-22-17)11-14-10-24(19(26)29-14)13-3-4-15(16(20)9-13)12-5-7-30(27,28)8-6-12/h3-5,9,14H,2,6-8,10-11H2,1H3/t14-/m1/s1. The van der Waals surface area contributed by atoms with Gasteiger partial charge in [0.15, 0.2) is 9.84 Å². The molecular weight excluding hydrogens is 418 g/mol. The molecule has 1 aromatic carbocycles. The number of aryl methyl sites for hydroxylation is 1. The fraction of sp³-hybridized carbons (Fsp3) is 0.421. The van der Waals surface area contributed by atoms with Crippen molar-refractivity contribution in [1.29, 1.82) is 0 Å². The Balaban J connectivity index is 1.49. The van der Waals surface area contributed by atoms with Crippen molar-refractivity contribution in [1.82, 2.24) is 15.0 Å². The van der Waals surface area contributed by atoms with Gasteiger partial charge in [-0.2, -0.15) is 4.39 Å². The maximum absolute atomic E-state index is 14.7. The number of benzene rings is 1. The van der Waals surface area contributed by atoms with Gasteiger partial charge in [0.25, 0.3) is 0 Å². The number of rotatable bonds is 5. The number of allylic oxidation sites excluding steroid dienone is 1. The van der Waals surface area contributed by atoms with E-state index in [9.17, 15) is 22.0 Å². The molecule has 0 unspecified atom stereocenters. The number of cyclic esters (lactones) is 1. The Morgan fingerprint density at radius 1 is 1.30 bits per heavy atom. The lowest BCUT2D eigenvalue weighted by Crippen LogP contribution is -2.26. The van der Waals surface area contributed by atoms with Gasteiger partial charge in [0.2, 0.25) is 5.95 Å². The Hall–Kier alpha value is -2.82. The number of sulfone groups is 1. The third kappa shape index (κ3) is 3.93. The first-order valence-corrected chi connectivity index (χ1v) is 11.3. The van der Waals surface area contributed by atoms with E-state index in [2.05, 4.69) is 10.3 Å². The second-order valence-electron chi connectivity index (χ2n) is 7.24. The molecule has 30 heavy (non-hydrogen) atoms. The second-order valence-corrected chi connectivity index (χ2v) is 9.47. The molecule has 160 valence electrons. The van der Waals surface area contributed by atoms with Gasteiger partial charge >= 0.3 is 6.09 Å². The number of nitrogens with zero attached hydrogens (tertiary/aromatic N) is 4. The minimum atomic E-state index is -3.11. The first-order valence-electron chi connectivity index (χ1n) is 9.53.